The molecule has 8 heterocycles. The number of nitrogens with one attached hydrogen (secondary N) is 1. The van der Waals surface area contributed by atoms with E-state index < -0.39 is 0 Å². The second kappa shape index (κ2) is 17.1. The molecule has 0 unspecified atom stereocenters. The molecular weight excluding hydrogens is 680 g/mol. The van der Waals surface area contributed by atoms with Gasteiger partial charge in [-0.2, -0.15) is 9.97 Å². The second-order valence-electron chi connectivity index (χ2n) is 14.3. The van der Waals surface area contributed by atoms with E-state index in [1.165, 1.54) is 0 Å². The number of rotatable bonds is 10. The van der Waals surface area contributed by atoms with Crippen LogP contribution in [0.25, 0.3) is 34.0 Å². The van der Waals surface area contributed by atoms with E-state index >= 15 is 0 Å². The summed E-state index contributed by atoms with van der Waals surface area (Å²) >= 11 is 0. The third-order valence-electron chi connectivity index (χ3n) is 10.0. The Morgan fingerprint density at radius 1 is 0.712 bits per heavy atom. The maximum absolute atomic E-state index is 5.64. The number of hydrogen-bond donors (Lipinski definition) is 1. The molecule has 0 amide bonds. The Kier molecular flexibility index (Phi) is 12.4. The van der Waals surface area contributed by atoms with Crippen molar-refractivity contribution in [2.45, 2.75) is 83.5 Å². The standard InChI is InChI=1S/C21H29N5O2.C17H21N5O.ClH/c1-15(2)18-6-5-16-9-13-26(19(16)22-18)21-23-20(28-24-21)17-7-11-25(12-8-17)10-4-14-27-3;1-11(2)14-4-3-12-7-10-22(15(12)19-14)17-20-16(23-21-17)13-5-8-18-9-6-13;/h5-6,9,13,15,17H,4,7-8,10-12,14H2,1-3H3;3-4,7,10-11,13,18H,5-6,8-9H2,1-2H3;1H. The first-order valence-electron chi connectivity index (χ1n) is 18.4. The van der Waals surface area contributed by atoms with Crippen LogP contribution in [-0.2, 0) is 4.74 Å². The number of piperidine rings is 2. The molecule has 0 aliphatic carbocycles. The van der Waals surface area contributed by atoms with E-state index in [1.54, 1.807) is 7.11 Å². The molecular formula is C38H51ClN10O3. The Bertz CT molecular complexity index is 2020. The molecule has 6 aromatic heterocycles. The summed E-state index contributed by atoms with van der Waals surface area (Å²) in [7, 11) is 1.76. The number of pyridine rings is 2. The summed E-state index contributed by atoms with van der Waals surface area (Å²) in [6.45, 7) is 14.7. The predicted molar refractivity (Wildman–Crippen MR) is 203 cm³/mol. The lowest BCUT2D eigenvalue weighted by molar-refractivity contribution is 0.152. The topological polar surface area (TPSA) is 138 Å². The fraction of sp³-hybridized carbons (Fsp3) is 0.526. The van der Waals surface area contributed by atoms with E-state index in [0.717, 1.165) is 117 Å². The molecule has 0 atom stereocenters. The third kappa shape index (κ3) is 8.38. The van der Waals surface area contributed by atoms with Gasteiger partial charge in [-0.15, -0.1) is 12.4 Å². The Morgan fingerprint density at radius 3 is 1.69 bits per heavy atom. The van der Waals surface area contributed by atoms with Crippen LogP contribution in [0.3, 0.4) is 0 Å². The van der Waals surface area contributed by atoms with Crippen LogP contribution in [0, 0.1) is 0 Å². The molecule has 0 radical (unpaired) electrons. The molecule has 278 valence electrons. The van der Waals surface area contributed by atoms with Gasteiger partial charge in [0.05, 0.1) is 0 Å². The van der Waals surface area contributed by atoms with Gasteiger partial charge < -0.3 is 24.0 Å². The van der Waals surface area contributed by atoms with E-state index in [4.69, 9.17) is 28.7 Å². The zero-order valence-electron chi connectivity index (χ0n) is 30.9. The SMILES string of the molecule is CC(C)c1ccc2ccn(-c3noc(C4CCNCC4)n3)c2n1.COCCCN1CCC(c2nc(-n3ccc4ccc(C(C)C)nc43)no2)CC1.Cl. The van der Waals surface area contributed by atoms with Crippen LogP contribution in [-0.4, -0.2) is 90.7 Å². The molecule has 2 fully saturated rings. The molecule has 0 saturated carbocycles. The molecule has 2 aliphatic heterocycles. The van der Waals surface area contributed by atoms with Gasteiger partial charge in [0.1, 0.15) is 11.3 Å². The Labute approximate surface area is 310 Å². The molecule has 1 N–H and O–H groups in total. The van der Waals surface area contributed by atoms with Crippen LogP contribution in [0.15, 0.2) is 57.8 Å². The minimum Gasteiger partial charge on any atom is -0.385 e. The first kappa shape index (κ1) is 37.6. The zero-order chi connectivity index (χ0) is 35.3. The lowest BCUT2D eigenvalue weighted by Crippen LogP contribution is -2.34. The molecule has 2 aliphatic rings. The monoisotopic (exact) mass is 730 g/mol. The first-order valence-corrected chi connectivity index (χ1v) is 18.4. The highest BCUT2D eigenvalue weighted by molar-refractivity contribution is 5.85. The van der Waals surface area contributed by atoms with Crippen LogP contribution in [0.4, 0.5) is 0 Å². The van der Waals surface area contributed by atoms with E-state index in [-0.39, 0.29) is 12.4 Å². The van der Waals surface area contributed by atoms with Crippen molar-refractivity contribution in [1.29, 1.82) is 0 Å². The fourth-order valence-corrected chi connectivity index (χ4v) is 6.90. The maximum Gasteiger partial charge on any atom is 0.275 e. The van der Waals surface area contributed by atoms with Crippen LogP contribution < -0.4 is 5.32 Å². The number of fused-ring (bicyclic) bond motifs is 2. The lowest BCUT2D eigenvalue weighted by Gasteiger charge is -2.30. The Hall–Kier alpha value is -4.17. The van der Waals surface area contributed by atoms with Gasteiger partial charge in [-0.1, -0.05) is 27.7 Å². The highest BCUT2D eigenvalue weighted by Crippen LogP contribution is 2.29. The lowest BCUT2D eigenvalue weighted by atomic mass is 9.97. The summed E-state index contributed by atoms with van der Waals surface area (Å²) in [5, 5.41) is 13.9. The van der Waals surface area contributed by atoms with E-state index in [1.807, 2.05) is 33.7 Å². The largest absolute Gasteiger partial charge is 0.385 e. The Morgan fingerprint density at radius 2 is 1.21 bits per heavy atom. The average molecular weight is 731 g/mol. The van der Waals surface area contributed by atoms with Gasteiger partial charge in [0.25, 0.3) is 11.9 Å². The van der Waals surface area contributed by atoms with Crippen molar-refractivity contribution in [3.63, 3.8) is 0 Å². The van der Waals surface area contributed by atoms with E-state index in [0.29, 0.717) is 35.6 Å². The summed E-state index contributed by atoms with van der Waals surface area (Å²) in [6, 6.07) is 12.4. The van der Waals surface area contributed by atoms with Gasteiger partial charge in [0.15, 0.2) is 0 Å². The molecule has 0 bridgehead atoms. The average Bonchev–Trinajstić information content (AvgIpc) is 3.98. The highest BCUT2D eigenvalue weighted by Gasteiger charge is 2.26. The van der Waals surface area contributed by atoms with Crippen molar-refractivity contribution < 1.29 is 13.8 Å². The number of hydrogen-bond acceptors (Lipinski definition) is 11. The van der Waals surface area contributed by atoms with Gasteiger partial charge in [-0.25, -0.2) is 9.97 Å². The molecule has 13 nitrogen and oxygen atoms in total. The first-order chi connectivity index (χ1) is 24.9. The van der Waals surface area contributed by atoms with Crippen molar-refractivity contribution in [1.82, 2.24) is 49.6 Å². The smallest absolute Gasteiger partial charge is 0.275 e. The van der Waals surface area contributed by atoms with Crippen molar-refractivity contribution in [3.8, 4) is 11.9 Å². The molecule has 2 saturated heterocycles. The van der Waals surface area contributed by atoms with Gasteiger partial charge in [-0.05, 0) is 117 Å². The van der Waals surface area contributed by atoms with Gasteiger partial charge >= 0.3 is 0 Å². The molecule has 0 aromatic carbocycles. The predicted octanol–water partition coefficient (Wildman–Crippen LogP) is 7.17. The van der Waals surface area contributed by atoms with Crippen molar-refractivity contribution in [2.24, 2.45) is 0 Å². The molecule has 6 aromatic rings. The number of ether oxygens (including phenoxy) is 1. The van der Waals surface area contributed by atoms with Crippen LogP contribution in [0.2, 0.25) is 0 Å². The summed E-state index contributed by atoms with van der Waals surface area (Å²) in [5.41, 5.74) is 3.90. The maximum atomic E-state index is 5.64. The van der Waals surface area contributed by atoms with E-state index in [2.05, 4.69) is 77.5 Å². The number of methoxy groups -OCH3 is 1. The van der Waals surface area contributed by atoms with Gasteiger partial charge in [-0.3, -0.25) is 9.13 Å². The zero-order valence-corrected chi connectivity index (χ0v) is 31.7. The number of nitrogens with zero attached hydrogens (tertiary/aromatic N) is 9. The van der Waals surface area contributed by atoms with Crippen LogP contribution in [0.1, 0.15) is 107 Å². The molecule has 8 rings (SSSR count). The summed E-state index contributed by atoms with van der Waals surface area (Å²) in [5.74, 6) is 4.08. The highest BCUT2D eigenvalue weighted by atomic mass is 35.5. The van der Waals surface area contributed by atoms with Gasteiger partial charge in [0.2, 0.25) is 11.8 Å². The van der Waals surface area contributed by atoms with Crippen LogP contribution in [0.5, 0.6) is 0 Å². The number of aromatic nitrogens is 8. The summed E-state index contributed by atoms with van der Waals surface area (Å²) < 4.78 is 20.1. The minimum absolute atomic E-state index is 0. The van der Waals surface area contributed by atoms with Gasteiger partial charge in [0, 0.05) is 66.7 Å². The normalized spacial score (nSPS) is 16.1. The molecule has 52 heavy (non-hydrogen) atoms. The van der Waals surface area contributed by atoms with Crippen molar-refractivity contribution in [3.05, 3.63) is 72.0 Å². The minimum atomic E-state index is 0. The van der Waals surface area contributed by atoms with Crippen molar-refractivity contribution in [2.75, 3.05) is 46.4 Å². The Balaban J connectivity index is 0.000000178. The summed E-state index contributed by atoms with van der Waals surface area (Å²) in [4.78, 5) is 21.4. The fourth-order valence-electron chi connectivity index (χ4n) is 6.90. The third-order valence-corrected chi connectivity index (χ3v) is 10.0. The van der Waals surface area contributed by atoms with E-state index in [9.17, 15) is 0 Å². The number of halogens is 1. The number of likely N-dealkylation sites (tertiary alicyclic amines) is 1. The molecule has 14 heteroatoms. The second-order valence-corrected chi connectivity index (χ2v) is 14.3. The van der Waals surface area contributed by atoms with Crippen molar-refractivity contribution >= 4 is 34.5 Å². The van der Waals surface area contributed by atoms with Crippen LogP contribution >= 0.6 is 12.4 Å². The summed E-state index contributed by atoms with van der Waals surface area (Å²) in [6.07, 6.45) is 9.20. The molecule has 0 spiro atoms. The quantitative estimate of drug-likeness (QED) is 0.144.